The van der Waals surface area contributed by atoms with E-state index >= 15 is 0 Å². The average Bonchev–Trinajstić information content (AvgIpc) is 2.56. The van der Waals surface area contributed by atoms with Crippen LogP contribution in [0.3, 0.4) is 0 Å². The van der Waals surface area contributed by atoms with Gasteiger partial charge in [-0.25, -0.2) is 9.98 Å². The van der Waals surface area contributed by atoms with Gasteiger partial charge in [0.15, 0.2) is 10.3 Å². The smallest absolute Gasteiger partial charge is 0.159 e. The number of thioether (sulfide) groups is 2. The average molecular weight is 506 g/mol. The Bertz CT molecular complexity index is 595. The zero-order valence-corrected chi connectivity index (χ0v) is 18.6. The van der Waals surface area contributed by atoms with Gasteiger partial charge < -0.3 is 11.5 Å². The van der Waals surface area contributed by atoms with Crippen LogP contribution in [0.4, 0.5) is 11.4 Å². The number of halogens is 2. The molecule has 0 amide bonds. The van der Waals surface area contributed by atoms with Gasteiger partial charge in [0, 0.05) is 11.5 Å². The SMILES string of the molecule is Br.Br.NC(=Nc1ccccc1)SCCCSC(N)=Nc1ccccc1. The lowest BCUT2D eigenvalue weighted by molar-refractivity contribution is 1.13. The van der Waals surface area contributed by atoms with Crippen molar-refractivity contribution >= 4 is 79.2 Å². The highest BCUT2D eigenvalue weighted by Crippen LogP contribution is 2.16. The zero-order chi connectivity index (χ0) is 16.3. The molecule has 2 aromatic carbocycles. The van der Waals surface area contributed by atoms with Crippen LogP contribution in [0.25, 0.3) is 0 Å². The molecule has 0 saturated carbocycles. The number of amidine groups is 2. The van der Waals surface area contributed by atoms with Gasteiger partial charge in [0.05, 0.1) is 11.4 Å². The van der Waals surface area contributed by atoms with Crippen LogP contribution in [0.5, 0.6) is 0 Å². The normalized spacial score (nSPS) is 11.4. The number of hydrogen-bond donors (Lipinski definition) is 2. The van der Waals surface area contributed by atoms with Crippen molar-refractivity contribution in [2.45, 2.75) is 6.42 Å². The Morgan fingerprint density at radius 1 is 0.680 bits per heavy atom. The molecule has 0 fully saturated rings. The molecule has 0 aliphatic carbocycles. The van der Waals surface area contributed by atoms with Crippen molar-refractivity contribution < 1.29 is 0 Å². The third-order valence-electron chi connectivity index (χ3n) is 2.78. The minimum Gasteiger partial charge on any atom is -0.378 e. The summed E-state index contributed by atoms with van der Waals surface area (Å²) in [5, 5.41) is 1.18. The number of rotatable bonds is 6. The Balaban J connectivity index is 0.00000288. The van der Waals surface area contributed by atoms with E-state index in [1.165, 1.54) is 0 Å². The van der Waals surface area contributed by atoms with Gasteiger partial charge in [-0.2, -0.15) is 0 Å². The van der Waals surface area contributed by atoms with E-state index in [2.05, 4.69) is 9.98 Å². The molecule has 0 saturated heterocycles. The molecule has 2 rings (SSSR count). The van der Waals surface area contributed by atoms with Crippen molar-refractivity contribution in [2.75, 3.05) is 11.5 Å². The molecule has 0 bridgehead atoms. The fraction of sp³-hybridized carbons (Fsp3) is 0.176. The summed E-state index contributed by atoms with van der Waals surface area (Å²) < 4.78 is 0. The van der Waals surface area contributed by atoms with E-state index in [9.17, 15) is 0 Å². The van der Waals surface area contributed by atoms with E-state index in [0.717, 1.165) is 29.3 Å². The highest BCUT2D eigenvalue weighted by atomic mass is 79.9. The molecule has 0 unspecified atom stereocenters. The molecule has 0 spiro atoms. The lowest BCUT2D eigenvalue weighted by atomic mass is 10.3. The molecule has 8 heteroatoms. The lowest BCUT2D eigenvalue weighted by Gasteiger charge is -2.02. The Labute approximate surface area is 178 Å². The lowest BCUT2D eigenvalue weighted by Crippen LogP contribution is -2.09. The molecule has 25 heavy (non-hydrogen) atoms. The fourth-order valence-corrected chi connectivity index (χ4v) is 3.25. The summed E-state index contributed by atoms with van der Waals surface area (Å²) in [6.07, 6.45) is 0.991. The maximum Gasteiger partial charge on any atom is 0.159 e. The molecule has 0 radical (unpaired) electrons. The van der Waals surface area contributed by atoms with Gasteiger partial charge in [0.1, 0.15) is 0 Å². The maximum absolute atomic E-state index is 5.91. The van der Waals surface area contributed by atoms with E-state index < -0.39 is 0 Å². The minimum atomic E-state index is 0. The molecule has 0 atom stereocenters. The van der Waals surface area contributed by atoms with Crippen molar-refractivity contribution in [1.82, 2.24) is 0 Å². The van der Waals surface area contributed by atoms with Gasteiger partial charge in [-0.3, -0.25) is 0 Å². The minimum absolute atomic E-state index is 0. The molecular formula is C17H22Br2N4S2. The van der Waals surface area contributed by atoms with E-state index in [0.29, 0.717) is 10.3 Å². The first kappa shape index (κ1) is 24.0. The molecule has 2 aromatic rings. The van der Waals surface area contributed by atoms with Crippen LogP contribution >= 0.6 is 57.5 Å². The number of nitrogens with zero attached hydrogens (tertiary/aromatic N) is 2. The highest BCUT2D eigenvalue weighted by molar-refractivity contribution is 8.93. The second-order valence-electron chi connectivity index (χ2n) is 4.62. The number of para-hydroxylation sites is 2. The van der Waals surface area contributed by atoms with Crippen molar-refractivity contribution in [1.29, 1.82) is 0 Å². The predicted molar refractivity (Wildman–Crippen MR) is 126 cm³/mol. The molecule has 136 valence electrons. The predicted octanol–water partition coefficient (Wildman–Crippen LogP) is 5.29. The number of aliphatic imine (C=N–C) groups is 2. The van der Waals surface area contributed by atoms with Gasteiger partial charge in [0.25, 0.3) is 0 Å². The molecule has 4 nitrogen and oxygen atoms in total. The maximum atomic E-state index is 5.91. The summed E-state index contributed by atoms with van der Waals surface area (Å²) in [7, 11) is 0. The van der Waals surface area contributed by atoms with Gasteiger partial charge in [0.2, 0.25) is 0 Å². The van der Waals surface area contributed by atoms with Crippen molar-refractivity contribution in [2.24, 2.45) is 21.5 Å². The van der Waals surface area contributed by atoms with Gasteiger partial charge in [-0.15, -0.1) is 34.0 Å². The van der Waals surface area contributed by atoms with Crippen LogP contribution in [-0.4, -0.2) is 21.8 Å². The van der Waals surface area contributed by atoms with Crippen LogP contribution in [0.2, 0.25) is 0 Å². The third kappa shape index (κ3) is 10.6. The number of hydrogen-bond acceptors (Lipinski definition) is 4. The standard InChI is InChI=1S/C17H20N4S2.2BrH/c18-16(20-14-8-3-1-4-9-14)22-12-7-13-23-17(19)21-15-10-5-2-6-11-15;;/h1-6,8-11H,7,12-13H2,(H2,18,20)(H2,19,21);2*1H. The molecule has 0 aliphatic rings. The highest BCUT2D eigenvalue weighted by Gasteiger charge is 1.98. The van der Waals surface area contributed by atoms with Crippen LogP contribution < -0.4 is 11.5 Å². The molecule has 0 heterocycles. The van der Waals surface area contributed by atoms with E-state index in [-0.39, 0.29) is 34.0 Å². The van der Waals surface area contributed by atoms with E-state index in [1.54, 1.807) is 23.5 Å². The van der Waals surface area contributed by atoms with Crippen LogP contribution in [-0.2, 0) is 0 Å². The first-order chi connectivity index (χ1) is 11.2. The van der Waals surface area contributed by atoms with Gasteiger partial charge in [-0.1, -0.05) is 59.9 Å². The molecule has 0 aromatic heterocycles. The van der Waals surface area contributed by atoms with Gasteiger partial charge >= 0.3 is 0 Å². The van der Waals surface area contributed by atoms with Gasteiger partial charge in [-0.05, 0) is 30.7 Å². The second-order valence-corrected chi connectivity index (χ2v) is 6.85. The quantitative estimate of drug-likeness (QED) is 0.317. The first-order valence-corrected chi connectivity index (χ1v) is 9.25. The summed E-state index contributed by atoms with van der Waals surface area (Å²) in [6, 6.07) is 19.4. The number of benzene rings is 2. The summed E-state index contributed by atoms with van der Waals surface area (Å²) >= 11 is 3.12. The van der Waals surface area contributed by atoms with Crippen LogP contribution in [0.1, 0.15) is 6.42 Å². The zero-order valence-electron chi connectivity index (χ0n) is 13.6. The third-order valence-corrected chi connectivity index (χ3v) is 4.54. The summed E-state index contributed by atoms with van der Waals surface area (Å²) in [4.78, 5) is 8.70. The van der Waals surface area contributed by atoms with E-state index in [4.69, 9.17) is 11.5 Å². The molecular weight excluding hydrogens is 484 g/mol. The summed E-state index contributed by atoms with van der Waals surface area (Å²) in [5.41, 5.74) is 13.6. The largest absolute Gasteiger partial charge is 0.378 e. The Morgan fingerprint density at radius 3 is 1.40 bits per heavy atom. The molecule has 0 aliphatic heterocycles. The second kappa shape index (κ2) is 14.2. The fourth-order valence-electron chi connectivity index (χ4n) is 1.74. The van der Waals surface area contributed by atoms with Crippen molar-refractivity contribution in [3.05, 3.63) is 60.7 Å². The van der Waals surface area contributed by atoms with Crippen molar-refractivity contribution in [3.8, 4) is 0 Å². The summed E-state index contributed by atoms with van der Waals surface area (Å²) in [5.74, 6) is 1.82. The summed E-state index contributed by atoms with van der Waals surface area (Å²) in [6.45, 7) is 0. The number of nitrogens with two attached hydrogens (primary N) is 2. The molecule has 4 N–H and O–H groups in total. The van der Waals surface area contributed by atoms with Crippen molar-refractivity contribution in [3.63, 3.8) is 0 Å². The Hall–Kier alpha value is -0.960. The monoisotopic (exact) mass is 504 g/mol. The van der Waals surface area contributed by atoms with E-state index in [1.807, 2.05) is 60.7 Å². The first-order valence-electron chi connectivity index (χ1n) is 7.28. The Morgan fingerprint density at radius 2 is 1.04 bits per heavy atom. The van der Waals surface area contributed by atoms with Crippen LogP contribution in [0.15, 0.2) is 70.6 Å². The Kier molecular flexibility index (Phi) is 13.7. The topological polar surface area (TPSA) is 76.8 Å². The van der Waals surface area contributed by atoms with Crippen LogP contribution in [0, 0.1) is 0 Å².